The van der Waals surface area contributed by atoms with Crippen molar-refractivity contribution < 1.29 is 24.6 Å². The molecule has 3 N–H and O–H groups in total. The van der Waals surface area contributed by atoms with E-state index in [-0.39, 0.29) is 5.78 Å². The van der Waals surface area contributed by atoms with Gasteiger partial charge in [-0.15, -0.1) is 11.8 Å². The average Bonchev–Trinajstić information content (AvgIpc) is 3.05. The Labute approximate surface area is 143 Å². The molecule has 0 fully saturated rings. The van der Waals surface area contributed by atoms with Gasteiger partial charge in [0.1, 0.15) is 0 Å². The monoisotopic (exact) mass is 350 g/mol. The predicted octanol–water partition coefficient (Wildman–Crippen LogP) is 2.49. The number of nitrogens with one attached hydrogen (secondary N) is 1. The third-order valence-corrected chi connectivity index (χ3v) is 3.92. The number of ketones is 1. The van der Waals surface area contributed by atoms with Crippen LogP contribution in [0, 0.1) is 0 Å². The molecule has 0 spiro atoms. The number of carboxylic acids is 2. The molecule has 0 amide bonds. The Morgan fingerprint density at radius 1 is 1.21 bits per heavy atom. The van der Waals surface area contributed by atoms with Gasteiger partial charge in [-0.05, 0) is 37.7 Å². The number of carboxylic acid groups (broad SMARTS) is 2. The molecule has 1 aromatic carbocycles. The van der Waals surface area contributed by atoms with Crippen molar-refractivity contribution in [2.24, 2.45) is 0 Å². The van der Waals surface area contributed by atoms with E-state index in [0.717, 1.165) is 29.1 Å². The molecule has 7 nitrogen and oxygen atoms in total. The predicted molar refractivity (Wildman–Crippen MR) is 89.4 cm³/mol. The van der Waals surface area contributed by atoms with Gasteiger partial charge in [-0.3, -0.25) is 4.79 Å². The number of rotatable bonds is 6. The van der Waals surface area contributed by atoms with Crippen LogP contribution in [0.25, 0.3) is 0 Å². The first-order valence-corrected chi connectivity index (χ1v) is 8.06. The van der Waals surface area contributed by atoms with Crippen molar-refractivity contribution in [1.29, 1.82) is 0 Å². The summed E-state index contributed by atoms with van der Waals surface area (Å²) in [5, 5.41) is 14.8. The van der Waals surface area contributed by atoms with Gasteiger partial charge >= 0.3 is 11.9 Å². The van der Waals surface area contributed by atoms with Crippen molar-refractivity contribution in [2.75, 3.05) is 5.75 Å². The molecule has 0 radical (unpaired) electrons. The SMILES string of the molecule is CC(=O)c1cccc(SCCCc2cnc[nH]2)c1.O=C(O)C(=O)O. The van der Waals surface area contributed by atoms with E-state index in [4.69, 9.17) is 19.8 Å². The molecular formula is C16H18N2O5S. The standard InChI is InChI=1S/C14H16N2OS.C2H2O4/c1-11(17)12-4-2-6-14(8-12)18-7-3-5-13-9-15-10-16-13;3-1(4)2(5)6/h2,4,6,8-10H,3,5,7H2,1H3,(H,15,16);(H,3,4)(H,5,6). The number of aromatic nitrogens is 2. The highest BCUT2D eigenvalue weighted by molar-refractivity contribution is 7.99. The zero-order valence-electron chi connectivity index (χ0n) is 13.1. The van der Waals surface area contributed by atoms with Gasteiger partial charge < -0.3 is 15.2 Å². The third kappa shape index (κ3) is 7.59. The minimum atomic E-state index is -1.82. The Morgan fingerprint density at radius 2 is 1.92 bits per heavy atom. The molecule has 0 atom stereocenters. The summed E-state index contributed by atoms with van der Waals surface area (Å²) in [6.07, 6.45) is 5.68. The van der Waals surface area contributed by atoms with Gasteiger partial charge in [0.15, 0.2) is 5.78 Å². The molecule has 0 saturated heterocycles. The van der Waals surface area contributed by atoms with Crippen molar-refractivity contribution >= 4 is 29.5 Å². The summed E-state index contributed by atoms with van der Waals surface area (Å²) < 4.78 is 0. The van der Waals surface area contributed by atoms with Crippen molar-refractivity contribution in [1.82, 2.24) is 9.97 Å². The number of aryl methyl sites for hydroxylation is 1. The highest BCUT2D eigenvalue weighted by Gasteiger charge is 2.04. The Morgan fingerprint density at radius 3 is 2.46 bits per heavy atom. The van der Waals surface area contributed by atoms with Crippen LogP contribution in [0.15, 0.2) is 41.7 Å². The molecule has 2 rings (SSSR count). The maximum Gasteiger partial charge on any atom is 0.414 e. The van der Waals surface area contributed by atoms with E-state index < -0.39 is 11.9 Å². The third-order valence-electron chi connectivity index (χ3n) is 2.84. The van der Waals surface area contributed by atoms with Crippen LogP contribution >= 0.6 is 11.8 Å². The first-order valence-electron chi connectivity index (χ1n) is 7.07. The molecule has 1 aromatic heterocycles. The number of hydrogen-bond acceptors (Lipinski definition) is 5. The van der Waals surface area contributed by atoms with Crippen LogP contribution in [0.3, 0.4) is 0 Å². The number of aliphatic carboxylic acids is 2. The molecule has 2 aromatic rings. The van der Waals surface area contributed by atoms with E-state index in [2.05, 4.69) is 9.97 Å². The molecule has 0 aliphatic carbocycles. The van der Waals surface area contributed by atoms with Crippen molar-refractivity contribution in [3.05, 3.63) is 48.0 Å². The first-order chi connectivity index (χ1) is 11.4. The van der Waals surface area contributed by atoms with Gasteiger partial charge in [0, 0.05) is 22.3 Å². The highest BCUT2D eigenvalue weighted by Crippen LogP contribution is 2.20. The van der Waals surface area contributed by atoms with E-state index >= 15 is 0 Å². The second-order valence-corrected chi connectivity index (χ2v) is 5.89. The van der Waals surface area contributed by atoms with Crippen LogP contribution < -0.4 is 0 Å². The summed E-state index contributed by atoms with van der Waals surface area (Å²) in [5.41, 5.74) is 1.96. The van der Waals surface area contributed by atoms with Crippen molar-refractivity contribution in [3.8, 4) is 0 Å². The highest BCUT2D eigenvalue weighted by atomic mass is 32.2. The normalized spacial score (nSPS) is 9.71. The molecule has 128 valence electrons. The summed E-state index contributed by atoms with van der Waals surface area (Å²) in [5.74, 6) is -2.49. The lowest BCUT2D eigenvalue weighted by Gasteiger charge is -2.03. The van der Waals surface area contributed by atoms with E-state index in [1.54, 1.807) is 25.0 Å². The van der Waals surface area contributed by atoms with Gasteiger partial charge in [-0.2, -0.15) is 0 Å². The fourth-order valence-corrected chi connectivity index (χ4v) is 2.59. The van der Waals surface area contributed by atoms with Crippen LogP contribution in [0.5, 0.6) is 0 Å². The van der Waals surface area contributed by atoms with Gasteiger partial charge in [-0.1, -0.05) is 12.1 Å². The second kappa shape index (κ2) is 10.2. The number of H-pyrrole nitrogens is 1. The smallest absolute Gasteiger partial charge is 0.414 e. The minimum Gasteiger partial charge on any atom is -0.473 e. The fraction of sp³-hybridized carbons (Fsp3) is 0.250. The van der Waals surface area contributed by atoms with Gasteiger partial charge in [0.2, 0.25) is 0 Å². The first kappa shape index (κ1) is 19.4. The maximum absolute atomic E-state index is 11.3. The molecule has 0 unspecified atom stereocenters. The number of hydrogen-bond donors (Lipinski definition) is 3. The quantitative estimate of drug-likeness (QED) is 0.317. The van der Waals surface area contributed by atoms with Gasteiger partial charge in [0.25, 0.3) is 0 Å². The largest absolute Gasteiger partial charge is 0.473 e. The summed E-state index contributed by atoms with van der Waals surface area (Å²) in [6.45, 7) is 1.60. The van der Waals surface area contributed by atoms with Crippen LogP contribution in [0.2, 0.25) is 0 Å². The Kier molecular flexibility index (Phi) is 8.28. The van der Waals surface area contributed by atoms with E-state index in [1.807, 2.05) is 30.5 Å². The van der Waals surface area contributed by atoms with Crippen LogP contribution in [0.1, 0.15) is 29.4 Å². The Hall–Kier alpha value is -2.61. The van der Waals surface area contributed by atoms with Crippen LogP contribution in [-0.4, -0.2) is 43.7 Å². The molecule has 24 heavy (non-hydrogen) atoms. The Bertz CT molecular complexity index is 674. The molecule has 0 bridgehead atoms. The molecule has 1 heterocycles. The topological polar surface area (TPSA) is 120 Å². The maximum atomic E-state index is 11.3. The molecule has 0 aliphatic rings. The summed E-state index contributed by atoms with van der Waals surface area (Å²) in [6, 6.07) is 7.81. The van der Waals surface area contributed by atoms with Crippen LogP contribution in [0.4, 0.5) is 0 Å². The zero-order valence-corrected chi connectivity index (χ0v) is 13.9. The molecule has 0 saturated carbocycles. The summed E-state index contributed by atoms with van der Waals surface area (Å²) in [7, 11) is 0. The Balaban J connectivity index is 0.000000413. The second-order valence-electron chi connectivity index (χ2n) is 4.72. The number of nitrogens with zero attached hydrogens (tertiary/aromatic N) is 1. The zero-order chi connectivity index (χ0) is 17.9. The number of Topliss-reactive ketones (excluding diaryl/α,β-unsaturated/α-hetero) is 1. The van der Waals surface area contributed by atoms with Gasteiger partial charge in [-0.25, -0.2) is 14.6 Å². The number of carbonyl (C=O) groups is 3. The summed E-state index contributed by atoms with van der Waals surface area (Å²) in [4.78, 5) is 37.7. The number of carbonyl (C=O) groups excluding carboxylic acids is 1. The number of benzene rings is 1. The average molecular weight is 350 g/mol. The van der Waals surface area contributed by atoms with E-state index in [0.29, 0.717) is 0 Å². The van der Waals surface area contributed by atoms with Crippen LogP contribution in [-0.2, 0) is 16.0 Å². The lowest BCUT2D eigenvalue weighted by Crippen LogP contribution is -2.09. The number of thioether (sulfide) groups is 1. The molecule has 8 heteroatoms. The molecular weight excluding hydrogens is 332 g/mol. The van der Waals surface area contributed by atoms with Crippen molar-refractivity contribution in [3.63, 3.8) is 0 Å². The number of aromatic amines is 1. The van der Waals surface area contributed by atoms with Crippen molar-refractivity contribution in [2.45, 2.75) is 24.7 Å². The van der Waals surface area contributed by atoms with E-state index in [1.165, 1.54) is 5.69 Å². The lowest BCUT2D eigenvalue weighted by molar-refractivity contribution is -0.159. The fourth-order valence-electron chi connectivity index (χ4n) is 1.68. The van der Waals surface area contributed by atoms with Gasteiger partial charge in [0.05, 0.1) is 6.33 Å². The van der Waals surface area contributed by atoms with E-state index in [9.17, 15) is 4.79 Å². The molecule has 0 aliphatic heterocycles. The minimum absolute atomic E-state index is 0.120. The number of imidazole rings is 1. The summed E-state index contributed by atoms with van der Waals surface area (Å²) >= 11 is 1.79. The lowest BCUT2D eigenvalue weighted by atomic mass is 10.2.